The molecule has 3 aromatic rings. The molecule has 2 nitrogen and oxygen atoms in total. The lowest BCUT2D eigenvalue weighted by Gasteiger charge is -2.09. The van der Waals surface area contributed by atoms with Crippen LogP contribution in [-0.4, -0.2) is 11.5 Å². The van der Waals surface area contributed by atoms with Crippen LogP contribution in [0.4, 0.5) is 0 Å². The Balaban J connectivity index is 2.08. The Morgan fingerprint density at radius 3 is 2.14 bits per heavy atom. The maximum atomic E-state index is 5.23. The number of ether oxygens (including phenoxy) is 1. The Bertz CT molecular complexity index is 780. The van der Waals surface area contributed by atoms with Crippen molar-refractivity contribution in [2.24, 2.45) is 0 Å². The first-order chi connectivity index (χ1) is 10.6. The van der Waals surface area contributed by atoms with Crippen molar-refractivity contribution < 1.29 is 4.74 Å². The fraction of sp³-hybridized carbons (Fsp3) is 0.211. The smallest absolute Gasteiger partial charge is 0.118 e. The number of hydrogen-bond acceptors (Lipinski definition) is 3. The Kier molecular flexibility index (Phi) is 3.99. The summed E-state index contributed by atoms with van der Waals surface area (Å²) in [6, 6.07) is 12.6. The molecule has 0 radical (unpaired) electrons. The Morgan fingerprint density at radius 1 is 0.909 bits per heavy atom. The van der Waals surface area contributed by atoms with Gasteiger partial charge in [-0.05, 0) is 78.8 Å². The number of methoxy groups -OCH3 is 1. The van der Waals surface area contributed by atoms with E-state index >= 15 is 0 Å². The largest absolute Gasteiger partial charge is 0.497 e. The minimum absolute atomic E-state index is 0.871. The zero-order chi connectivity index (χ0) is 15.7. The maximum absolute atomic E-state index is 5.23. The topological polar surface area (TPSA) is 22.1 Å². The third kappa shape index (κ3) is 2.64. The summed E-state index contributed by atoms with van der Waals surface area (Å²) in [5.74, 6) is 0.871. The third-order valence-electron chi connectivity index (χ3n) is 4.17. The van der Waals surface area contributed by atoms with Crippen LogP contribution < -0.4 is 4.74 Å². The molecule has 0 saturated heterocycles. The zero-order valence-electron chi connectivity index (χ0n) is 13.3. The monoisotopic (exact) mass is 309 g/mol. The molecule has 112 valence electrons. The second-order valence-electron chi connectivity index (χ2n) is 5.54. The van der Waals surface area contributed by atoms with Crippen molar-refractivity contribution in [1.82, 2.24) is 4.37 Å². The van der Waals surface area contributed by atoms with E-state index in [-0.39, 0.29) is 0 Å². The minimum atomic E-state index is 0.871. The maximum Gasteiger partial charge on any atom is 0.118 e. The minimum Gasteiger partial charge on any atom is -0.497 e. The van der Waals surface area contributed by atoms with Crippen LogP contribution >= 0.6 is 11.5 Å². The van der Waals surface area contributed by atoms with E-state index in [9.17, 15) is 0 Å². The molecule has 3 heteroatoms. The molecule has 0 atom stereocenters. The van der Waals surface area contributed by atoms with Gasteiger partial charge in [0.15, 0.2) is 0 Å². The molecular formula is C19H19NOS. The van der Waals surface area contributed by atoms with Crippen molar-refractivity contribution in [1.29, 1.82) is 0 Å². The van der Waals surface area contributed by atoms with Crippen LogP contribution in [0.5, 0.6) is 5.75 Å². The van der Waals surface area contributed by atoms with Crippen LogP contribution in [0, 0.1) is 20.8 Å². The van der Waals surface area contributed by atoms with Crippen molar-refractivity contribution in [3.63, 3.8) is 0 Å². The van der Waals surface area contributed by atoms with Crippen LogP contribution in [-0.2, 0) is 0 Å². The van der Waals surface area contributed by atoms with Crippen LogP contribution in [0.2, 0.25) is 0 Å². The van der Waals surface area contributed by atoms with Gasteiger partial charge in [-0.25, -0.2) is 0 Å². The first-order valence-electron chi connectivity index (χ1n) is 7.27. The Hall–Kier alpha value is -2.13. The summed E-state index contributed by atoms with van der Waals surface area (Å²) in [6.45, 7) is 6.48. The second kappa shape index (κ2) is 5.93. The van der Waals surface area contributed by atoms with E-state index in [0.29, 0.717) is 0 Å². The predicted molar refractivity (Wildman–Crippen MR) is 93.7 cm³/mol. The summed E-state index contributed by atoms with van der Waals surface area (Å²) in [6.07, 6.45) is 0. The normalized spacial score (nSPS) is 10.7. The Labute approximate surface area is 135 Å². The second-order valence-corrected chi connectivity index (χ2v) is 6.17. The molecule has 1 aromatic heterocycles. The Morgan fingerprint density at radius 2 is 1.55 bits per heavy atom. The van der Waals surface area contributed by atoms with Crippen molar-refractivity contribution in [3.8, 4) is 28.1 Å². The van der Waals surface area contributed by atoms with Gasteiger partial charge in [0.05, 0.1) is 12.8 Å². The van der Waals surface area contributed by atoms with Gasteiger partial charge in [-0.3, -0.25) is 0 Å². The van der Waals surface area contributed by atoms with E-state index in [0.717, 1.165) is 11.4 Å². The highest BCUT2D eigenvalue weighted by Crippen LogP contribution is 2.35. The molecule has 0 N–H and O–H groups in total. The zero-order valence-corrected chi connectivity index (χ0v) is 14.1. The van der Waals surface area contributed by atoms with Gasteiger partial charge in [0.1, 0.15) is 5.75 Å². The van der Waals surface area contributed by atoms with Crippen molar-refractivity contribution in [3.05, 3.63) is 58.5 Å². The third-order valence-corrected chi connectivity index (χ3v) is 4.80. The van der Waals surface area contributed by atoms with E-state index in [2.05, 4.69) is 54.8 Å². The first-order valence-corrected chi connectivity index (χ1v) is 8.11. The molecule has 0 aliphatic heterocycles. The number of aromatic nitrogens is 1. The molecule has 0 amide bonds. The lowest BCUT2D eigenvalue weighted by Crippen LogP contribution is -1.90. The highest BCUT2D eigenvalue weighted by molar-refractivity contribution is 7.04. The quantitative estimate of drug-likeness (QED) is 0.645. The average Bonchev–Trinajstić information content (AvgIpc) is 3.01. The number of benzene rings is 2. The van der Waals surface area contributed by atoms with Crippen molar-refractivity contribution in [2.75, 3.05) is 7.11 Å². The van der Waals surface area contributed by atoms with Gasteiger partial charge < -0.3 is 4.74 Å². The van der Waals surface area contributed by atoms with E-state index in [1.807, 2.05) is 12.1 Å². The molecule has 0 bridgehead atoms. The summed E-state index contributed by atoms with van der Waals surface area (Å²) >= 11 is 1.50. The van der Waals surface area contributed by atoms with Gasteiger partial charge in [0.2, 0.25) is 0 Å². The number of nitrogens with zero attached hydrogens (tertiary/aromatic N) is 1. The molecule has 0 unspecified atom stereocenters. The molecule has 0 aliphatic carbocycles. The summed E-state index contributed by atoms with van der Waals surface area (Å²) in [5.41, 5.74) is 8.56. The van der Waals surface area contributed by atoms with E-state index in [1.165, 1.54) is 44.9 Å². The number of hydrogen-bond donors (Lipinski definition) is 0. The molecule has 1 heterocycles. The van der Waals surface area contributed by atoms with Gasteiger partial charge in [0.25, 0.3) is 0 Å². The van der Waals surface area contributed by atoms with E-state index < -0.39 is 0 Å². The van der Waals surface area contributed by atoms with Gasteiger partial charge >= 0.3 is 0 Å². The predicted octanol–water partition coefficient (Wildman–Crippen LogP) is 5.41. The molecule has 0 saturated carbocycles. The fourth-order valence-electron chi connectivity index (χ4n) is 2.59. The standard InChI is InChI=1S/C19H19NOS/c1-12-9-16(10-13(2)14(12)3)19-18(11-22-20-19)15-5-7-17(21-4)8-6-15/h5-11H,1-4H3. The molecule has 3 rings (SSSR count). The lowest BCUT2D eigenvalue weighted by molar-refractivity contribution is 0.415. The van der Waals surface area contributed by atoms with Crippen molar-refractivity contribution in [2.45, 2.75) is 20.8 Å². The van der Waals surface area contributed by atoms with E-state index in [1.54, 1.807) is 7.11 Å². The molecule has 22 heavy (non-hydrogen) atoms. The molecular weight excluding hydrogens is 290 g/mol. The van der Waals surface area contributed by atoms with Crippen LogP contribution in [0.3, 0.4) is 0 Å². The summed E-state index contributed by atoms with van der Waals surface area (Å²) in [7, 11) is 1.68. The summed E-state index contributed by atoms with van der Waals surface area (Å²) in [5, 5.41) is 2.11. The van der Waals surface area contributed by atoms with Crippen LogP contribution in [0.1, 0.15) is 16.7 Å². The van der Waals surface area contributed by atoms with Crippen molar-refractivity contribution >= 4 is 11.5 Å². The SMILES string of the molecule is COc1ccc(-c2csnc2-c2cc(C)c(C)c(C)c2)cc1. The molecule has 2 aromatic carbocycles. The average molecular weight is 309 g/mol. The van der Waals surface area contributed by atoms with Crippen LogP contribution in [0.15, 0.2) is 41.8 Å². The molecule has 0 aliphatic rings. The highest BCUT2D eigenvalue weighted by atomic mass is 32.1. The van der Waals surface area contributed by atoms with Gasteiger partial charge in [0, 0.05) is 16.5 Å². The lowest BCUT2D eigenvalue weighted by atomic mass is 9.96. The number of rotatable bonds is 3. The number of aryl methyl sites for hydroxylation is 2. The van der Waals surface area contributed by atoms with Gasteiger partial charge in [-0.15, -0.1) is 0 Å². The van der Waals surface area contributed by atoms with E-state index in [4.69, 9.17) is 4.74 Å². The van der Waals surface area contributed by atoms with Gasteiger partial charge in [-0.1, -0.05) is 12.1 Å². The molecule has 0 spiro atoms. The first kappa shape index (κ1) is 14.8. The highest BCUT2D eigenvalue weighted by Gasteiger charge is 2.12. The molecule has 0 fully saturated rings. The summed E-state index contributed by atoms with van der Waals surface area (Å²) in [4.78, 5) is 0. The summed E-state index contributed by atoms with van der Waals surface area (Å²) < 4.78 is 9.86. The fourth-order valence-corrected chi connectivity index (χ4v) is 3.31. The van der Waals surface area contributed by atoms with Gasteiger partial charge in [-0.2, -0.15) is 4.37 Å². The van der Waals surface area contributed by atoms with Crippen LogP contribution in [0.25, 0.3) is 22.4 Å².